The van der Waals surface area contributed by atoms with Crippen molar-refractivity contribution in [3.8, 4) is 5.75 Å². The van der Waals surface area contributed by atoms with Gasteiger partial charge in [0.05, 0.1) is 11.8 Å². The van der Waals surface area contributed by atoms with Crippen LogP contribution in [0.4, 0.5) is 11.4 Å². The highest BCUT2D eigenvalue weighted by Gasteiger charge is 2.23. The first kappa shape index (κ1) is 19.0. The molecule has 0 unspecified atom stereocenters. The molecule has 2 aromatic carbocycles. The maximum Gasteiger partial charge on any atom is 0.407 e. The van der Waals surface area contributed by atoms with Crippen LogP contribution in [0, 0.1) is 5.39 Å². The molecule has 2 aromatic rings. The molecule has 130 valence electrons. The van der Waals surface area contributed by atoms with E-state index in [9.17, 15) is 4.79 Å². The van der Waals surface area contributed by atoms with Gasteiger partial charge in [-0.2, -0.15) is 0 Å². The first-order valence-electron chi connectivity index (χ1n) is 7.39. The molecular formula is C17H17Cl2N4O2+. The lowest BCUT2D eigenvalue weighted by molar-refractivity contribution is -0.135. The second-order valence-electron chi connectivity index (χ2n) is 5.62. The number of rotatable bonds is 5. The number of carbonyl (C=O) groups is 1. The number of hydrogen-bond acceptors (Lipinski definition) is 5. The number of ether oxygens (including phenoxy) is 1. The number of carbonyl (C=O) groups excluding carboxylic acids is 1. The van der Waals surface area contributed by atoms with Crippen LogP contribution in [0.1, 0.15) is 5.56 Å². The van der Waals surface area contributed by atoms with Crippen molar-refractivity contribution in [1.82, 2.24) is 0 Å². The summed E-state index contributed by atoms with van der Waals surface area (Å²) in [5, 5.41) is 9.83. The fourth-order valence-corrected chi connectivity index (χ4v) is 2.50. The average Bonchev–Trinajstić information content (AvgIpc) is 2.57. The van der Waals surface area contributed by atoms with Crippen molar-refractivity contribution < 1.29 is 9.53 Å². The van der Waals surface area contributed by atoms with Crippen molar-refractivity contribution in [3.63, 3.8) is 0 Å². The molecule has 0 aromatic heterocycles. The van der Waals surface area contributed by atoms with Gasteiger partial charge in [0.1, 0.15) is 11.1 Å². The molecule has 0 aliphatic carbocycles. The summed E-state index contributed by atoms with van der Waals surface area (Å²) in [6, 6.07) is 9.12. The van der Waals surface area contributed by atoms with E-state index in [0.717, 1.165) is 5.56 Å². The van der Waals surface area contributed by atoms with Gasteiger partial charge in [-0.15, -0.1) is 0 Å². The molecule has 0 heterocycles. The number of halogens is 2. The number of nitrogens with zero attached hydrogens (tertiary/aromatic N) is 3. The summed E-state index contributed by atoms with van der Waals surface area (Å²) in [4.78, 5) is 17.1. The van der Waals surface area contributed by atoms with Gasteiger partial charge in [0.25, 0.3) is 0 Å². The SMILES string of the molecule is CN(C)c1cc(Cl)c([N+]#N)cc1OC(=O)[C@@H](N)Cc1ccc(Cl)cc1. The minimum absolute atomic E-state index is 0.0985. The summed E-state index contributed by atoms with van der Waals surface area (Å²) >= 11 is 11.8. The molecule has 0 radical (unpaired) electrons. The maximum absolute atomic E-state index is 12.3. The summed E-state index contributed by atoms with van der Waals surface area (Å²) in [6.07, 6.45) is 0.304. The predicted molar refractivity (Wildman–Crippen MR) is 99.3 cm³/mol. The molecule has 1 atom stereocenters. The van der Waals surface area contributed by atoms with Crippen LogP contribution in [0.25, 0.3) is 4.98 Å². The Balaban J connectivity index is 2.18. The minimum atomic E-state index is -0.860. The zero-order chi connectivity index (χ0) is 18.6. The van der Waals surface area contributed by atoms with Crippen LogP contribution in [-0.4, -0.2) is 26.1 Å². The number of anilines is 1. The molecule has 0 aliphatic heterocycles. The van der Waals surface area contributed by atoms with Crippen LogP contribution in [0.5, 0.6) is 5.75 Å². The first-order valence-corrected chi connectivity index (χ1v) is 8.15. The normalized spacial score (nSPS) is 11.5. The molecule has 25 heavy (non-hydrogen) atoms. The molecule has 0 spiro atoms. The molecule has 0 bridgehead atoms. The monoisotopic (exact) mass is 379 g/mol. The lowest BCUT2D eigenvalue weighted by Gasteiger charge is -2.18. The standard InChI is InChI=1S/C17H17Cl2N4O2/c1-23(2)15-8-12(19)14(22-21)9-16(15)25-17(24)13(20)7-10-3-5-11(18)6-4-10/h3-6,8-9,13H,7,20H2,1-2H3/q+1/t13-/m0/s1. The maximum atomic E-state index is 12.3. The Labute approximate surface area is 155 Å². The Kier molecular flexibility index (Phi) is 6.21. The van der Waals surface area contributed by atoms with Crippen molar-refractivity contribution in [1.29, 1.82) is 5.39 Å². The predicted octanol–water partition coefficient (Wildman–Crippen LogP) is 4.02. The van der Waals surface area contributed by atoms with Gasteiger partial charge >= 0.3 is 11.7 Å². The van der Waals surface area contributed by atoms with E-state index in [2.05, 4.69) is 4.98 Å². The van der Waals surface area contributed by atoms with Crippen molar-refractivity contribution in [2.45, 2.75) is 12.5 Å². The smallest absolute Gasteiger partial charge is 0.407 e. The summed E-state index contributed by atoms with van der Waals surface area (Å²) in [7, 11) is 3.54. The molecule has 0 saturated carbocycles. The van der Waals surface area contributed by atoms with Crippen molar-refractivity contribution in [2.75, 3.05) is 19.0 Å². The summed E-state index contributed by atoms with van der Waals surface area (Å²) in [5.74, 6) is -0.400. The van der Waals surface area contributed by atoms with Crippen molar-refractivity contribution >= 4 is 40.5 Å². The Morgan fingerprint density at radius 2 is 1.92 bits per heavy atom. The second kappa shape index (κ2) is 8.17. The van der Waals surface area contributed by atoms with Crippen LogP contribution < -0.4 is 15.4 Å². The summed E-state index contributed by atoms with van der Waals surface area (Å²) in [6.45, 7) is 0. The van der Waals surface area contributed by atoms with Gasteiger partial charge in [0.2, 0.25) is 5.39 Å². The zero-order valence-electron chi connectivity index (χ0n) is 13.7. The fraction of sp³-hybridized carbons (Fsp3) is 0.235. The van der Waals surface area contributed by atoms with Gasteiger partial charge in [-0.1, -0.05) is 35.3 Å². The molecule has 0 amide bonds. The largest absolute Gasteiger partial charge is 0.423 e. The van der Waals surface area contributed by atoms with Gasteiger partial charge in [-0.3, -0.25) is 0 Å². The third kappa shape index (κ3) is 4.83. The minimum Gasteiger partial charge on any atom is -0.423 e. The zero-order valence-corrected chi connectivity index (χ0v) is 15.3. The number of diazo groups is 1. The highest BCUT2D eigenvalue weighted by atomic mass is 35.5. The van der Waals surface area contributed by atoms with E-state index in [1.807, 2.05) is 0 Å². The third-order valence-electron chi connectivity index (χ3n) is 3.50. The van der Waals surface area contributed by atoms with Crippen LogP contribution in [0.3, 0.4) is 0 Å². The lowest BCUT2D eigenvalue weighted by atomic mass is 10.1. The Hall–Kier alpha value is -2.33. The quantitative estimate of drug-likeness (QED) is 0.481. The Bertz CT molecular complexity index is 817. The van der Waals surface area contributed by atoms with Gasteiger partial charge in [-0.25, -0.2) is 4.79 Å². The molecule has 0 aliphatic rings. The molecule has 2 N–H and O–H groups in total. The Morgan fingerprint density at radius 1 is 1.28 bits per heavy atom. The van der Waals surface area contributed by atoms with Gasteiger partial charge in [0, 0.05) is 19.1 Å². The van der Waals surface area contributed by atoms with E-state index < -0.39 is 12.0 Å². The number of hydrogen-bond donors (Lipinski definition) is 1. The highest BCUT2D eigenvalue weighted by molar-refractivity contribution is 6.33. The van der Waals surface area contributed by atoms with E-state index in [-0.39, 0.29) is 16.5 Å². The van der Waals surface area contributed by atoms with Gasteiger partial charge < -0.3 is 15.4 Å². The van der Waals surface area contributed by atoms with Crippen LogP contribution in [0.15, 0.2) is 36.4 Å². The summed E-state index contributed by atoms with van der Waals surface area (Å²) in [5.41, 5.74) is 7.46. The van der Waals surface area contributed by atoms with Crippen molar-refractivity contribution in [2.24, 2.45) is 5.73 Å². The van der Waals surface area contributed by atoms with Gasteiger partial charge in [-0.05, 0) is 30.2 Å². The molecule has 8 heteroatoms. The van der Waals surface area contributed by atoms with Crippen LogP contribution in [0.2, 0.25) is 10.0 Å². The molecule has 0 fully saturated rings. The van der Waals surface area contributed by atoms with E-state index >= 15 is 0 Å². The summed E-state index contributed by atoms with van der Waals surface area (Å²) < 4.78 is 5.40. The highest BCUT2D eigenvalue weighted by Crippen LogP contribution is 2.37. The van der Waals surface area contributed by atoms with Crippen molar-refractivity contribution in [3.05, 3.63) is 57.0 Å². The Morgan fingerprint density at radius 3 is 2.48 bits per heavy atom. The molecule has 2 rings (SSSR count). The lowest BCUT2D eigenvalue weighted by Crippen LogP contribution is -2.36. The number of esters is 1. The third-order valence-corrected chi connectivity index (χ3v) is 4.05. The topological polar surface area (TPSA) is 83.7 Å². The van der Waals surface area contributed by atoms with Gasteiger partial charge in [0.15, 0.2) is 10.7 Å². The van der Waals surface area contributed by atoms with Crippen LogP contribution >= 0.6 is 23.2 Å². The number of benzene rings is 2. The van der Waals surface area contributed by atoms with E-state index in [4.69, 9.17) is 39.1 Å². The molecular weight excluding hydrogens is 363 g/mol. The second-order valence-corrected chi connectivity index (χ2v) is 6.47. The average molecular weight is 380 g/mol. The first-order chi connectivity index (χ1) is 11.8. The van der Waals surface area contributed by atoms with Crippen LogP contribution in [-0.2, 0) is 11.2 Å². The molecule has 0 saturated heterocycles. The molecule has 6 nitrogen and oxygen atoms in total. The fourth-order valence-electron chi connectivity index (χ4n) is 2.18. The van der Waals surface area contributed by atoms with E-state index in [0.29, 0.717) is 17.1 Å². The van der Waals surface area contributed by atoms with E-state index in [1.54, 1.807) is 49.3 Å². The number of nitrogens with two attached hydrogens (primary N) is 1. The van der Waals surface area contributed by atoms with E-state index in [1.165, 1.54) is 6.07 Å².